The van der Waals surface area contributed by atoms with Gasteiger partial charge >= 0.3 is 0 Å². The van der Waals surface area contributed by atoms with Gasteiger partial charge in [-0.15, -0.1) is 0 Å². The zero-order valence-electron chi connectivity index (χ0n) is 12.5. The van der Waals surface area contributed by atoms with E-state index in [-0.39, 0.29) is 5.91 Å². The first-order valence-electron chi connectivity index (χ1n) is 7.05. The van der Waals surface area contributed by atoms with E-state index in [4.69, 9.17) is 9.47 Å². The van der Waals surface area contributed by atoms with Crippen molar-refractivity contribution in [3.8, 4) is 5.75 Å². The normalized spacial score (nSPS) is 31.6. The first-order chi connectivity index (χ1) is 10.4. The molecule has 22 heavy (non-hydrogen) atoms. The molecule has 1 aromatic carbocycles. The average molecular weight is 311 g/mol. The number of aliphatic hydroxyl groups excluding tert-OH is 3. The first-order valence-corrected chi connectivity index (χ1v) is 7.05. The van der Waals surface area contributed by atoms with Crippen LogP contribution in [0.1, 0.15) is 12.5 Å². The molecule has 5 atom stereocenters. The third-order valence-corrected chi connectivity index (χ3v) is 3.49. The molecule has 0 unspecified atom stereocenters. The van der Waals surface area contributed by atoms with Gasteiger partial charge in [0.15, 0.2) is 0 Å². The summed E-state index contributed by atoms with van der Waals surface area (Å²) in [5.74, 6) is 0.112. The monoisotopic (exact) mass is 311 g/mol. The molecule has 1 aliphatic rings. The number of carbonyl (C=O) groups is 1. The number of hydrogen-bond acceptors (Lipinski definition) is 6. The molecule has 4 N–H and O–H groups in total. The highest BCUT2D eigenvalue weighted by atomic mass is 16.7. The summed E-state index contributed by atoms with van der Waals surface area (Å²) in [5, 5.41) is 31.8. The van der Waals surface area contributed by atoms with Gasteiger partial charge in [0.25, 0.3) is 0 Å². The second-order valence-corrected chi connectivity index (χ2v) is 5.37. The molecular weight excluding hydrogens is 290 g/mol. The lowest BCUT2D eigenvalue weighted by Crippen LogP contribution is -2.65. The van der Waals surface area contributed by atoms with Gasteiger partial charge in [0, 0.05) is 6.92 Å². The van der Waals surface area contributed by atoms with Crippen LogP contribution in [-0.4, -0.2) is 58.5 Å². The molecule has 1 heterocycles. The third-order valence-electron chi connectivity index (χ3n) is 3.49. The summed E-state index contributed by atoms with van der Waals surface area (Å²) in [6.07, 6.45) is -4.65. The molecule has 0 aromatic heterocycles. The van der Waals surface area contributed by atoms with Crippen LogP contribution in [0.5, 0.6) is 5.75 Å². The number of aryl methyl sites for hydroxylation is 1. The van der Waals surface area contributed by atoms with Crippen LogP contribution < -0.4 is 10.1 Å². The fourth-order valence-electron chi connectivity index (χ4n) is 2.39. The van der Waals surface area contributed by atoms with E-state index < -0.39 is 37.3 Å². The van der Waals surface area contributed by atoms with Crippen LogP contribution in [0.25, 0.3) is 0 Å². The summed E-state index contributed by atoms with van der Waals surface area (Å²) in [6, 6.07) is 6.24. The highest BCUT2D eigenvalue weighted by Gasteiger charge is 2.46. The average Bonchev–Trinajstić information content (AvgIpc) is 2.46. The molecule has 0 aliphatic carbocycles. The minimum Gasteiger partial charge on any atom is -0.463 e. The molecule has 1 aromatic rings. The maximum absolute atomic E-state index is 11.3. The highest BCUT2D eigenvalue weighted by molar-refractivity contribution is 5.73. The van der Waals surface area contributed by atoms with E-state index >= 15 is 0 Å². The number of hydrogen-bond donors (Lipinski definition) is 4. The van der Waals surface area contributed by atoms with Gasteiger partial charge < -0.3 is 30.1 Å². The number of ether oxygens (including phenoxy) is 2. The van der Waals surface area contributed by atoms with Gasteiger partial charge in [-0.3, -0.25) is 4.79 Å². The fourth-order valence-corrected chi connectivity index (χ4v) is 2.39. The standard InChI is InChI=1S/C15H21NO6/c1-8-4-3-5-10(6-8)21-15-12(16-9(2)18)14(20)13(19)11(7-17)22-15/h3-6,11-15,17,19-20H,7H2,1-2H3,(H,16,18)/t11-,12+,13+,14-,15+/m1/s1. The molecule has 7 nitrogen and oxygen atoms in total. The minimum absolute atomic E-state index is 0.389. The fraction of sp³-hybridized carbons (Fsp3) is 0.533. The Morgan fingerprint density at radius 3 is 2.68 bits per heavy atom. The van der Waals surface area contributed by atoms with Crippen LogP contribution in [0.4, 0.5) is 0 Å². The quantitative estimate of drug-likeness (QED) is 0.587. The Morgan fingerprint density at radius 1 is 1.36 bits per heavy atom. The van der Waals surface area contributed by atoms with E-state index in [1.165, 1.54) is 6.92 Å². The molecule has 0 bridgehead atoms. The van der Waals surface area contributed by atoms with E-state index in [2.05, 4.69) is 5.32 Å². The number of benzene rings is 1. The number of amides is 1. The molecule has 1 saturated heterocycles. The summed E-state index contributed by atoms with van der Waals surface area (Å²) in [5.41, 5.74) is 0.976. The summed E-state index contributed by atoms with van der Waals surface area (Å²) in [4.78, 5) is 11.3. The van der Waals surface area contributed by atoms with Gasteiger partial charge in [0.1, 0.15) is 30.1 Å². The van der Waals surface area contributed by atoms with Gasteiger partial charge in [-0.05, 0) is 24.6 Å². The van der Waals surface area contributed by atoms with Crippen LogP contribution in [0.2, 0.25) is 0 Å². The Morgan fingerprint density at radius 2 is 2.09 bits per heavy atom. The summed E-state index contributed by atoms with van der Waals surface area (Å²) in [6.45, 7) is 2.72. The Balaban J connectivity index is 2.21. The van der Waals surface area contributed by atoms with E-state index in [9.17, 15) is 20.1 Å². The van der Waals surface area contributed by atoms with Crippen molar-refractivity contribution in [1.82, 2.24) is 5.32 Å². The second-order valence-electron chi connectivity index (χ2n) is 5.37. The first kappa shape index (κ1) is 16.7. The van der Waals surface area contributed by atoms with Crippen LogP contribution in [0, 0.1) is 6.92 Å². The largest absolute Gasteiger partial charge is 0.463 e. The van der Waals surface area contributed by atoms with Crippen molar-refractivity contribution in [2.24, 2.45) is 0 Å². The highest BCUT2D eigenvalue weighted by Crippen LogP contribution is 2.24. The second kappa shape index (κ2) is 7.06. The molecule has 122 valence electrons. The van der Waals surface area contributed by atoms with Crippen molar-refractivity contribution >= 4 is 5.91 Å². The van der Waals surface area contributed by atoms with Gasteiger partial charge in [0.05, 0.1) is 6.61 Å². The van der Waals surface area contributed by atoms with Crippen molar-refractivity contribution in [2.45, 2.75) is 44.5 Å². The van der Waals surface area contributed by atoms with Gasteiger partial charge in [0.2, 0.25) is 12.2 Å². The number of nitrogens with one attached hydrogen (secondary N) is 1. The molecule has 0 saturated carbocycles. The SMILES string of the molecule is CC(=O)N[C@@H]1[C@@H](Oc2cccc(C)c2)O[C@H](CO)[C@H](O)[C@@H]1O. The Labute approximate surface area is 128 Å². The Kier molecular flexibility index (Phi) is 5.36. The van der Waals surface area contributed by atoms with Gasteiger partial charge in [-0.2, -0.15) is 0 Å². The number of carbonyl (C=O) groups excluding carboxylic acids is 1. The maximum atomic E-state index is 11.3. The minimum atomic E-state index is -1.32. The van der Waals surface area contributed by atoms with E-state index in [1.54, 1.807) is 18.2 Å². The molecule has 0 spiro atoms. The van der Waals surface area contributed by atoms with Crippen LogP contribution >= 0.6 is 0 Å². The van der Waals surface area contributed by atoms with E-state index in [0.29, 0.717) is 5.75 Å². The smallest absolute Gasteiger partial charge is 0.223 e. The Bertz CT molecular complexity index is 523. The number of rotatable bonds is 4. The molecule has 1 fully saturated rings. The zero-order valence-corrected chi connectivity index (χ0v) is 12.5. The molecule has 7 heteroatoms. The van der Waals surface area contributed by atoms with Crippen molar-refractivity contribution in [3.63, 3.8) is 0 Å². The topological polar surface area (TPSA) is 108 Å². The molecular formula is C15H21NO6. The van der Waals surface area contributed by atoms with Crippen LogP contribution in [0.15, 0.2) is 24.3 Å². The molecule has 1 amide bonds. The molecule has 1 aliphatic heterocycles. The van der Waals surface area contributed by atoms with Crippen molar-refractivity contribution in [1.29, 1.82) is 0 Å². The maximum Gasteiger partial charge on any atom is 0.223 e. The van der Waals surface area contributed by atoms with Gasteiger partial charge in [-0.1, -0.05) is 12.1 Å². The number of aliphatic hydroxyl groups is 3. The van der Waals surface area contributed by atoms with Crippen LogP contribution in [-0.2, 0) is 9.53 Å². The lowest BCUT2D eigenvalue weighted by Gasteiger charge is -2.42. The predicted molar refractivity (Wildman–Crippen MR) is 77.2 cm³/mol. The zero-order chi connectivity index (χ0) is 16.3. The summed E-state index contributed by atoms with van der Waals surface area (Å²) in [7, 11) is 0. The van der Waals surface area contributed by atoms with Crippen molar-refractivity contribution in [3.05, 3.63) is 29.8 Å². The van der Waals surface area contributed by atoms with Crippen LogP contribution in [0.3, 0.4) is 0 Å². The molecule has 2 rings (SSSR count). The molecule has 0 radical (unpaired) electrons. The third kappa shape index (κ3) is 3.75. The predicted octanol–water partition coefficient (Wildman–Crippen LogP) is -0.682. The van der Waals surface area contributed by atoms with Crippen molar-refractivity contribution in [2.75, 3.05) is 6.61 Å². The summed E-state index contributed by atoms with van der Waals surface area (Å²) >= 11 is 0. The lowest BCUT2D eigenvalue weighted by molar-refractivity contribution is -0.244. The lowest BCUT2D eigenvalue weighted by atomic mass is 9.97. The van der Waals surface area contributed by atoms with Gasteiger partial charge in [-0.25, -0.2) is 0 Å². The van der Waals surface area contributed by atoms with E-state index in [1.807, 2.05) is 13.0 Å². The summed E-state index contributed by atoms with van der Waals surface area (Å²) < 4.78 is 11.2. The van der Waals surface area contributed by atoms with Crippen molar-refractivity contribution < 1.29 is 29.6 Å². The Hall–Kier alpha value is -1.67. The van der Waals surface area contributed by atoms with E-state index in [0.717, 1.165) is 5.56 Å².